The van der Waals surface area contributed by atoms with Crippen LogP contribution in [0.5, 0.6) is 0 Å². The molecule has 0 aliphatic rings. The minimum Gasteiger partial charge on any atom is -0.444 e. The van der Waals surface area contributed by atoms with Gasteiger partial charge in [0.2, 0.25) is 0 Å². The summed E-state index contributed by atoms with van der Waals surface area (Å²) in [7, 11) is 0. The van der Waals surface area contributed by atoms with E-state index in [0.29, 0.717) is 19.0 Å². The van der Waals surface area contributed by atoms with Crippen LogP contribution in [0, 0.1) is 5.92 Å². The zero-order valence-electron chi connectivity index (χ0n) is 15.1. The highest BCUT2D eigenvalue weighted by atomic mass is 16.6. The van der Waals surface area contributed by atoms with Crippen molar-refractivity contribution < 1.29 is 9.53 Å². The average Bonchev–Trinajstić information content (AvgIpc) is 2.35. The minimum atomic E-state index is -0.458. The van der Waals surface area contributed by atoms with Crippen LogP contribution in [-0.4, -0.2) is 43.8 Å². The van der Waals surface area contributed by atoms with E-state index in [0.717, 1.165) is 31.9 Å². The van der Waals surface area contributed by atoms with Crippen LogP contribution in [0.25, 0.3) is 0 Å². The summed E-state index contributed by atoms with van der Waals surface area (Å²) in [6.07, 6.45) is 1.52. The Morgan fingerprint density at radius 3 is 2.36 bits per heavy atom. The molecule has 130 valence electrons. The number of amides is 1. The van der Waals surface area contributed by atoms with Crippen molar-refractivity contribution in [2.24, 2.45) is 10.9 Å². The Labute approximate surface area is 135 Å². The van der Waals surface area contributed by atoms with E-state index in [1.807, 2.05) is 27.7 Å². The van der Waals surface area contributed by atoms with Crippen LogP contribution in [0.15, 0.2) is 4.99 Å². The second-order valence-corrected chi connectivity index (χ2v) is 6.65. The maximum atomic E-state index is 11.5. The van der Waals surface area contributed by atoms with Crippen molar-refractivity contribution in [2.45, 2.75) is 60.0 Å². The molecular formula is C16H34N4O2. The van der Waals surface area contributed by atoms with Gasteiger partial charge in [0.15, 0.2) is 5.96 Å². The Hall–Kier alpha value is -1.46. The summed E-state index contributed by atoms with van der Waals surface area (Å²) in [5.74, 6) is 1.51. The molecule has 6 nitrogen and oxygen atoms in total. The Balaban J connectivity index is 3.92. The molecule has 0 fully saturated rings. The van der Waals surface area contributed by atoms with Crippen molar-refractivity contribution in [1.82, 2.24) is 16.0 Å². The van der Waals surface area contributed by atoms with Crippen LogP contribution >= 0.6 is 0 Å². The van der Waals surface area contributed by atoms with Gasteiger partial charge in [-0.2, -0.15) is 0 Å². The lowest BCUT2D eigenvalue weighted by Gasteiger charge is -2.19. The first-order valence-corrected chi connectivity index (χ1v) is 8.23. The quantitative estimate of drug-likeness (QED) is 0.365. The molecule has 0 radical (unpaired) electrons. The Morgan fingerprint density at radius 2 is 1.82 bits per heavy atom. The van der Waals surface area contributed by atoms with Crippen molar-refractivity contribution >= 4 is 12.1 Å². The number of nitrogens with one attached hydrogen (secondary N) is 3. The first-order chi connectivity index (χ1) is 10.2. The third-order valence-corrected chi connectivity index (χ3v) is 2.63. The SMILES string of the molecule is CCNC(=NCCCNC(=O)OC(C)(C)C)NCCC(C)C. The molecule has 0 rings (SSSR count). The van der Waals surface area contributed by atoms with E-state index < -0.39 is 5.60 Å². The van der Waals surface area contributed by atoms with Crippen molar-refractivity contribution in [1.29, 1.82) is 0 Å². The summed E-state index contributed by atoms with van der Waals surface area (Å²) in [5, 5.41) is 9.26. The van der Waals surface area contributed by atoms with E-state index in [1.54, 1.807) is 0 Å². The monoisotopic (exact) mass is 314 g/mol. The number of carbonyl (C=O) groups excluding carboxylic acids is 1. The van der Waals surface area contributed by atoms with Gasteiger partial charge in [-0.3, -0.25) is 4.99 Å². The van der Waals surface area contributed by atoms with Crippen molar-refractivity contribution in [2.75, 3.05) is 26.2 Å². The first-order valence-electron chi connectivity index (χ1n) is 8.23. The number of aliphatic imine (C=N–C) groups is 1. The number of nitrogens with zero attached hydrogens (tertiary/aromatic N) is 1. The van der Waals surface area contributed by atoms with Crippen LogP contribution in [0.3, 0.4) is 0 Å². The predicted molar refractivity (Wildman–Crippen MR) is 92.3 cm³/mol. The largest absolute Gasteiger partial charge is 0.444 e. The summed E-state index contributed by atoms with van der Waals surface area (Å²) in [5.41, 5.74) is -0.458. The molecule has 0 aromatic rings. The third kappa shape index (κ3) is 13.5. The minimum absolute atomic E-state index is 0.376. The molecule has 0 aliphatic heterocycles. The normalized spacial score (nSPS) is 12.2. The van der Waals surface area contributed by atoms with Gasteiger partial charge in [-0.05, 0) is 46.5 Å². The van der Waals surface area contributed by atoms with E-state index in [2.05, 4.69) is 34.8 Å². The van der Waals surface area contributed by atoms with Crippen molar-refractivity contribution in [3.8, 4) is 0 Å². The molecule has 0 aromatic heterocycles. The van der Waals surface area contributed by atoms with Crippen LogP contribution < -0.4 is 16.0 Å². The van der Waals surface area contributed by atoms with Crippen LogP contribution in [0.4, 0.5) is 4.79 Å². The van der Waals surface area contributed by atoms with Gasteiger partial charge in [0.05, 0.1) is 0 Å². The first kappa shape index (κ1) is 20.5. The van der Waals surface area contributed by atoms with E-state index in [1.165, 1.54) is 0 Å². The molecule has 0 saturated heterocycles. The summed E-state index contributed by atoms with van der Waals surface area (Å²) in [6, 6.07) is 0. The molecule has 3 N–H and O–H groups in total. The maximum absolute atomic E-state index is 11.5. The highest BCUT2D eigenvalue weighted by Crippen LogP contribution is 2.06. The number of alkyl carbamates (subject to hydrolysis) is 1. The Kier molecular flexibility index (Phi) is 10.4. The van der Waals surface area contributed by atoms with Crippen molar-refractivity contribution in [3.05, 3.63) is 0 Å². The topological polar surface area (TPSA) is 74.8 Å². The second kappa shape index (κ2) is 11.2. The molecule has 0 unspecified atom stereocenters. The van der Waals surface area contributed by atoms with Crippen LogP contribution in [0.1, 0.15) is 54.4 Å². The lowest BCUT2D eigenvalue weighted by Crippen LogP contribution is -2.38. The Morgan fingerprint density at radius 1 is 1.14 bits per heavy atom. The van der Waals surface area contributed by atoms with E-state index in [9.17, 15) is 4.79 Å². The zero-order chi connectivity index (χ0) is 17.0. The summed E-state index contributed by atoms with van der Waals surface area (Å²) in [6.45, 7) is 15.0. The maximum Gasteiger partial charge on any atom is 0.407 e. The van der Waals surface area contributed by atoms with Gasteiger partial charge in [0, 0.05) is 26.2 Å². The van der Waals surface area contributed by atoms with Gasteiger partial charge >= 0.3 is 6.09 Å². The molecule has 0 atom stereocenters. The average molecular weight is 314 g/mol. The number of carbonyl (C=O) groups is 1. The summed E-state index contributed by atoms with van der Waals surface area (Å²) in [4.78, 5) is 16.0. The zero-order valence-corrected chi connectivity index (χ0v) is 15.1. The van der Waals surface area contributed by atoms with Crippen LogP contribution in [-0.2, 0) is 4.74 Å². The number of rotatable bonds is 8. The molecule has 0 spiro atoms. The van der Waals surface area contributed by atoms with E-state index >= 15 is 0 Å². The molecule has 0 bridgehead atoms. The molecule has 6 heteroatoms. The number of hydrogen-bond acceptors (Lipinski definition) is 3. The summed E-state index contributed by atoms with van der Waals surface area (Å²) >= 11 is 0. The Bertz CT molecular complexity index is 336. The fourth-order valence-electron chi connectivity index (χ4n) is 1.60. The van der Waals surface area contributed by atoms with Gasteiger partial charge in [0.25, 0.3) is 0 Å². The lowest BCUT2D eigenvalue weighted by atomic mass is 10.1. The smallest absolute Gasteiger partial charge is 0.407 e. The van der Waals surface area contributed by atoms with E-state index in [-0.39, 0.29) is 6.09 Å². The van der Waals surface area contributed by atoms with E-state index in [4.69, 9.17) is 4.74 Å². The number of guanidine groups is 1. The molecule has 0 saturated carbocycles. The van der Waals surface area contributed by atoms with Crippen molar-refractivity contribution in [3.63, 3.8) is 0 Å². The van der Waals surface area contributed by atoms with Gasteiger partial charge < -0.3 is 20.7 Å². The molecule has 0 heterocycles. The van der Waals surface area contributed by atoms with Crippen LogP contribution in [0.2, 0.25) is 0 Å². The highest BCUT2D eigenvalue weighted by molar-refractivity contribution is 5.79. The fourth-order valence-corrected chi connectivity index (χ4v) is 1.60. The fraction of sp³-hybridized carbons (Fsp3) is 0.875. The van der Waals surface area contributed by atoms with Gasteiger partial charge in [-0.25, -0.2) is 4.79 Å². The molecule has 0 aromatic carbocycles. The molecule has 0 aliphatic carbocycles. The highest BCUT2D eigenvalue weighted by Gasteiger charge is 2.15. The second-order valence-electron chi connectivity index (χ2n) is 6.65. The number of hydrogen-bond donors (Lipinski definition) is 3. The van der Waals surface area contributed by atoms with Gasteiger partial charge in [-0.1, -0.05) is 13.8 Å². The predicted octanol–water partition coefficient (Wildman–Crippen LogP) is 2.50. The third-order valence-electron chi connectivity index (χ3n) is 2.63. The van der Waals surface area contributed by atoms with Gasteiger partial charge in [-0.15, -0.1) is 0 Å². The summed E-state index contributed by atoms with van der Waals surface area (Å²) < 4.78 is 5.17. The standard InChI is InChI=1S/C16H34N4O2/c1-7-17-14(19-12-9-13(2)3)18-10-8-11-20-15(21)22-16(4,5)6/h13H,7-12H2,1-6H3,(H,20,21)(H2,17,18,19). The molecule has 22 heavy (non-hydrogen) atoms. The molecule has 1 amide bonds. The number of ether oxygens (including phenoxy) is 1. The molecular weight excluding hydrogens is 280 g/mol. The lowest BCUT2D eigenvalue weighted by molar-refractivity contribution is 0.0527. The van der Waals surface area contributed by atoms with Gasteiger partial charge in [0.1, 0.15) is 5.60 Å².